The maximum Gasteiger partial charge on any atom is 0.119 e. The minimum absolute atomic E-state index is 0.0185. The van der Waals surface area contributed by atoms with Crippen LogP contribution >= 0.6 is 0 Å². The molecule has 4 heteroatoms. The molecule has 4 nitrogen and oxygen atoms in total. The first-order valence-corrected chi connectivity index (χ1v) is 7.12. The van der Waals surface area contributed by atoms with E-state index in [-0.39, 0.29) is 6.61 Å². The number of aliphatic hydroxyl groups excluding tert-OH is 1. The molecular formula is C16H24N2O2. The Morgan fingerprint density at radius 1 is 1.45 bits per heavy atom. The average Bonchev–Trinajstić information content (AvgIpc) is 2.50. The highest BCUT2D eigenvalue weighted by molar-refractivity contribution is 5.27. The lowest BCUT2D eigenvalue weighted by Gasteiger charge is -2.23. The zero-order valence-corrected chi connectivity index (χ0v) is 12.4. The second-order valence-electron chi connectivity index (χ2n) is 5.13. The van der Waals surface area contributed by atoms with Gasteiger partial charge in [-0.2, -0.15) is 5.26 Å². The quantitative estimate of drug-likeness (QED) is 0.680. The van der Waals surface area contributed by atoms with E-state index >= 15 is 0 Å². The number of rotatable bonds is 9. The highest BCUT2D eigenvalue weighted by atomic mass is 16.5. The Kier molecular flexibility index (Phi) is 7.06. The van der Waals surface area contributed by atoms with E-state index in [0.29, 0.717) is 6.61 Å². The number of hydrogen-bond donors (Lipinski definition) is 2. The summed E-state index contributed by atoms with van der Waals surface area (Å²) < 4.78 is 5.64. The maximum atomic E-state index is 9.22. The van der Waals surface area contributed by atoms with Gasteiger partial charge in [0.1, 0.15) is 11.3 Å². The summed E-state index contributed by atoms with van der Waals surface area (Å²) in [6.45, 7) is 5.45. The van der Waals surface area contributed by atoms with Crippen LogP contribution in [-0.4, -0.2) is 23.8 Å². The molecule has 1 unspecified atom stereocenters. The molecule has 0 aliphatic rings. The molecule has 1 atom stereocenters. The van der Waals surface area contributed by atoms with Gasteiger partial charge in [0.2, 0.25) is 0 Å². The van der Waals surface area contributed by atoms with Crippen LogP contribution in [0.3, 0.4) is 0 Å². The Balaban J connectivity index is 2.35. The van der Waals surface area contributed by atoms with Crippen LogP contribution in [0.1, 0.15) is 38.7 Å². The lowest BCUT2D eigenvalue weighted by Crippen LogP contribution is -2.41. The Labute approximate surface area is 121 Å². The molecular weight excluding hydrogens is 252 g/mol. The molecule has 0 radical (unpaired) electrons. The molecule has 0 amide bonds. The standard InChI is InChI=1S/C16H24N2O2/c1-3-9-18-16(2,13-17)8-5-10-20-15-7-4-6-14(11-15)12-19/h4,6-7,11,18-19H,3,5,8-10,12H2,1-2H3. The molecule has 0 aromatic heterocycles. The zero-order chi connectivity index (χ0) is 14.8. The van der Waals surface area contributed by atoms with Gasteiger partial charge in [0.25, 0.3) is 0 Å². The molecule has 0 spiro atoms. The molecule has 1 aromatic carbocycles. The summed E-state index contributed by atoms with van der Waals surface area (Å²) in [5.41, 5.74) is 0.362. The minimum atomic E-state index is -0.480. The van der Waals surface area contributed by atoms with E-state index in [1.807, 2.05) is 31.2 Å². The molecule has 1 rings (SSSR count). The van der Waals surface area contributed by atoms with Gasteiger partial charge in [-0.1, -0.05) is 19.1 Å². The molecule has 110 valence electrons. The van der Waals surface area contributed by atoms with E-state index < -0.39 is 5.54 Å². The van der Waals surface area contributed by atoms with Crippen LogP contribution in [0.15, 0.2) is 24.3 Å². The van der Waals surface area contributed by atoms with Crippen molar-refractivity contribution in [3.63, 3.8) is 0 Å². The van der Waals surface area contributed by atoms with E-state index in [2.05, 4.69) is 18.3 Å². The van der Waals surface area contributed by atoms with Crippen molar-refractivity contribution in [3.05, 3.63) is 29.8 Å². The Hall–Kier alpha value is -1.57. The smallest absolute Gasteiger partial charge is 0.119 e. The monoisotopic (exact) mass is 276 g/mol. The molecule has 0 saturated carbocycles. The van der Waals surface area contributed by atoms with E-state index in [4.69, 9.17) is 9.84 Å². The van der Waals surface area contributed by atoms with Gasteiger partial charge in [-0.05, 0) is 50.4 Å². The third-order valence-electron chi connectivity index (χ3n) is 3.18. The number of nitriles is 1. The zero-order valence-electron chi connectivity index (χ0n) is 12.4. The van der Waals surface area contributed by atoms with Crippen LogP contribution in [0.25, 0.3) is 0 Å². The molecule has 0 aliphatic heterocycles. The number of hydrogen-bond acceptors (Lipinski definition) is 4. The van der Waals surface area contributed by atoms with Gasteiger partial charge in [-0.3, -0.25) is 5.32 Å². The van der Waals surface area contributed by atoms with Gasteiger partial charge in [0.05, 0.1) is 19.3 Å². The van der Waals surface area contributed by atoms with Crippen molar-refractivity contribution in [1.29, 1.82) is 5.26 Å². The normalized spacial score (nSPS) is 13.5. The first-order valence-electron chi connectivity index (χ1n) is 7.12. The summed E-state index contributed by atoms with van der Waals surface area (Å²) in [5, 5.41) is 21.5. The third-order valence-corrected chi connectivity index (χ3v) is 3.18. The van der Waals surface area contributed by atoms with Gasteiger partial charge >= 0.3 is 0 Å². The molecule has 0 aliphatic carbocycles. The summed E-state index contributed by atoms with van der Waals surface area (Å²) in [7, 11) is 0. The largest absolute Gasteiger partial charge is 0.494 e. The van der Waals surface area contributed by atoms with Crippen LogP contribution in [0.5, 0.6) is 5.75 Å². The topological polar surface area (TPSA) is 65.3 Å². The van der Waals surface area contributed by atoms with Crippen molar-refractivity contribution in [2.45, 2.75) is 45.3 Å². The molecule has 20 heavy (non-hydrogen) atoms. The molecule has 2 N–H and O–H groups in total. The van der Waals surface area contributed by atoms with Gasteiger partial charge < -0.3 is 9.84 Å². The highest BCUT2D eigenvalue weighted by Gasteiger charge is 2.21. The van der Waals surface area contributed by atoms with Crippen LogP contribution in [0, 0.1) is 11.3 Å². The van der Waals surface area contributed by atoms with E-state index in [1.165, 1.54) is 0 Å². The van der Waals surface area contributed by atoms with E-state index in [9.17, 15) is 5.26 Å². The van der Waals surface area contributed by atoms with Crippen LogP contribution in [-0.2, 0) is 6.61 Å². The summed E-state index contributed by atoms with van der Waals surface area (Å²) >= 11 is 0. The SMILES string of the molecule is CCCNC(C)(C#N)CCCOc1cccc(CO)c1. The van der Waals surface area contributed by atoms with Crippen molar-refractivity contribution in [1.82, 2.24) is 5.32 Å². The van der Waals surface area contributed by atoms with E-state index in [0.717, 1.165) is 37.1 Å². The first-order chi connectivity index (χ1) is 9.63. The predicted octanol–water partition coefficient (Wildman–Crippen LogP) is 2.62. The Morgan fingerprint density at radius 3 is 2.90 bits per heavy atom. The first kappa shape index (κ1) is 16.5. The molecule has 0 bridgehead atoms. The number of ether oxygens (including phenoxy) is 1. The molecule has 0 fully saturated rings. The second kappa shape index (κ2) is 8.57. The molecule has 0 saturated heterocycles. The number of benzene rings is 1. The van der Waals surface area contributed by atoms with Crippen LogP contribution in [0.2, 0.25) is 0 Å². The molecule has 1 aromatic rings. The van der Waals surface area contributed by atoms with E-state index in [1.54, 1.807) is 0 Å². The van der Waals surface area contributed by atoms with Gasteiger partial charge in [0, 0.05) is 0 Å². The van der Waals surface area contributed by atoms with Crippen molar-refractivity contribution >= 4 is 0 Å². The fraction of sp³-hybridized carbons (Fsp3) is 0.562. The summed E-state index contributed by atoms with van der Waals surface area (Å²) in [5.74, 6) is 0.761. The van der Waals surface area contributed by atoms with Crippen molar-refractivity contribution in [2.75, 3.05) is 13.2 Å². The van der Waals surface area contributed by atoms with Crippen LogP contribution in [0.4, 0.5) is 0 Å². The van der Waals surface area contributed by atoms with Crippen LogP contribution < -0.4 is 10.1 Å². The second-order valence-corrected chi connectivity index (χ2v) is 5.13. The Morgan fingerprint density at radius 2 is 2.25 bits per heavy atom. The van der Waals surface area contributed by atoms with Crippen molar-refractivity contribution in [3.8, 4) is 11.8 Å². The predicted molar refractivity (Wildman–Crippen MR) is 79.4 cm³/mol. The fourth-order valence-corrected chi connectivity index (χ4v) is 1.93. The third kappa shape index (κ3) is 5.60. The van der Waals surface area contributed by atoms with Gasteiger partial charge in [-0.15, -0.1) is 0 Å². The number of nitrogens with one attached hydrogen (secondary N) is 1. The molecule has 0 heterocycles. The van der Waals surface area contributed by atoms with Crippen molar-refractivity contribution in [2.24, 2.45) is 0 Å². The number of nitrogens with zero attached hydrogens (tertiary/aromatic N) is 1. The summed E-state index contributed by atoms with van der Waals surface area (Å²) in [6, 6.07) is 9.76. The maximum absolute atomic E-state index is 9.22. The number of aliphatic hydroxyl groups is 1. The minimum Gasteiger partial charge on any atom is -0.494 e. The summed E-state index contributed by atoms with van der Waals surface area (Å²) in [6.07, 6.45) is 2.58. The summed E-state index contributed by atoms with van der Waals surface area (Å²) in [4.78, 5) is 0. The average molecular weight is 276 g/mol. The fourth-order valence-electron chi connectivity index (χ4n) is 1.93. The van der Waals surface area contributed by atoms with Gasteiger partial charge in [-0.25, -0.2) is 0 Å². The van der Waals surface area contributed by atoms with Gasteiger partial charge in [0.15, 0.2) is 0 Å². The van der Waals surface area contributed by atoms with Crippen molar-refractivity contribution < 1.29 is 9.84 Å². The highest BCUT2D eigenvalue weighted by Crippen LogP contribution is 2.15. The Bertz CT molecular complexity index is 442. The lowest BCUT2D eigenvalue weighted by atomic mass is 9.98. The lowest BCUT2D eigenvalue weighted by molar-refractivity contribution is 0.274.